The third-order valence-electron chi connectivity index (χ3n) is 3.59. The molecule has 0 N–H and O–H groups in total. The molecule has 5 nitrogen and oxygen atoms in total. The maximum atomic E-state index is 13.1. The van der Waals surface area contributed by atoms with Gasteiger partial charge in [0.15, 0.2) is 0 Å². The summed E-state index contributed by atoms with van der Waals surface area (Å²) >= 11 is 3.27. The van der Waals surface area contributed by atoms with E-state index in [1.165, 1.54) is 40.7 Å². The fourth-order valence-electron chi connectivity index (χ4n) is 2.28. The molecule has 0 amide bonds. The minimum absolute atomic E-state index is 0.0259. The lowest BCUT2D eigenvalue weighted by Crippen LogP contribution is -2.33. The standard InChI is InChI=1S/C18H19BrFNO4S/c1-2-25-18(22)11-12-21(13-14-3-7-16(20)8-4-14)26(23,24)17-9-5-15(19)6-10-17/h3-10H,2,11-13H2,1H3. The molecule has 0 aliphatic rings. The van der Waals surface area contributed by atoms with Gasteiger partial charge >= 0.3 is 5.97 Å². The Kier molecular flexibility index (Phi) is 7.31. The van der Waals surface area contributed by atoms with E-state index in [2.05, 4.69) is 15.9 Å². The Labute approximate surface area is 161 Å². The molecule has 0 aliphatic heterocycles. The van der Waals surface area contributed by atoms with Gasteiger partial charge in [0.1, 0.15) is 5.82 Å². The predicted molar refractivity (Wildman–Crippen MR) is 99.4 cm³/mol. The molecule has 0 spiro atoms. The summed E-state index contributed by atoms with van der Waals surface area (Å²) < 4.78 is 45.9. The molecular weight excluding hydrogens is 425 g/mol. The number of esters is 1. The van der Waals surface area contributed by atoms with Gasteiger partial charge in [0.2, 0.25) is 10.0 Å². The van der Waals surface area contributed by atoms with Crippen molar-refractivity contribution in [2.24, 2.45) is 0 Å². The molecule has 140 valence electrons. The first-order valence-electron chi connectivity index (χ1n) is 7.98. The molecular formula is C18H19BrFNO4S. The van der Waals surface area contributed by atoms with Crippen molar-refractivity contribution in [1.82, 2.24) is 4.31 Å². The maximum Gasteiger partial charge on any atom is 0.307 e. The SMILES string of the molecule is CCOC(=O)CCN(Cc1ccc(F)cc1)S(=O)(=O)c1ccc(Br)cc1. The van der Waals surface area contributed by atoms with Gasteiger partial charge < -0.3 is 4.74 Å². The summed E-state index contributed by atoms with van der Waals surface area (Å²) in [6, 6.07) is 11.8. The number of rotatable bonds is 8. The highest BCUT2D eigenvalue weighted by Crippen LogP contribution is 2.21. The number of benzene rings is 2. The average Bonchev–Trinajstić information content (AvgIpc) is 2.60. The van der Waals surface area contributed by atoms with E-state index in [0.29, 0.717) is 5.56 Å². The number of ether oxygens (including phenoxy) is 1. The molecule has 0 atom stereocenters. The summed E-state index contributed by atoms with van der Waals surface area (Å²) in [6.45, 7) is 1.91. The van der Waals surface area contributed by atoms with Crippen LogP contribution in [-0.4, -0.2) is 31.8 Å². The highest BCUT2D eigenvalue weighted by molar-refractivity contribution is 9.10. The van der Waals surface area contributed by atoms with Gasteiger partial charge in [-0.2, -0.15) is 4.31 Å². The van der Waals surface area contributed by atoms with Crippen LogP contribution < -0.4 is 0 Å². The molecule has 0 fully saturated rings. The number of sulfonamides is 1. The van der Waals surface area contributed by atoms with Crippen LogP contribution >= 0.6 is 15.9 Å². The van der Waals surface area contributed by atoms with Gasteiger partial charge in [0, 0.05) is 17.6 Å². The van der Waals surface area contributed by atoms with Crippen LogP contribution in [0.25, 0.3) is 0 Å². The molecule has 2 aromatic rings. The molecule has 2 aromatic carbocycles. The van der Waals surface area contributed by atoms with Crippen LogP contribution in [-0.2, 0) is 26.1 Å². The molecule has 0 aromatic heterocycles. The molecule has 0 aliphatic carbocycles. The summed E-state index contributed by atoms with van der Waals surface area (Å²) in [5, 5.41) is 0. The van der Waals surface area contributed by atoms with Gasteiger partial charge in [0.05, 0.1) is 17.9 Å². The zero-order chi connectivity index (χ0) is 19.2. The first-order valence-corrected chi connectivity index (χ1v) is 10.2. The van der Waals surface area contributed by atoms with Gasteiger partial charge in [-0.1, -0.05) is 28.1 Å². The fraction of sp³-hybridized carbons (Fsp3) is 0.278. The topological polar surface area (TPSA) is 63.7 Å². The largest absolute Gasteiger partial charge is 0.466 e. The van der Waals surface area contributed by atoms with E-state index >= 15 is 0 Å². The summed E-state index contributed by atoms with van der Waals surface area (Å²) in [6.07, 6.45) is -0.0647. The van der Waals surface area contributed by atoms with Crippen molar-refractivity contribution >= 4 is 31.9 Å². The lowest BCUT2D eigenvalue weighted by molar-refractivity contribution is -0.143. The summed E-state index contributed by atoms with van der Waals surface area (Å²) in [4.78, 5) is 11.8. The highest BCUT2D eigenvalue weighted by Gasteiger charge is 2.25. The average molecular weight is 444 g/mol. The van der Waals surface area contributed by atoms with E-state index in [1.807, 2.05) is 0 Å². The molecule has 0 heterocycles. The number of nitrogens with zero attached hydrogens (tertiary/aromatic N) is 1. The molecule has 0 saturated heterocycles. The third-order valence-corrected chi connectivity index (χ3v) is 5.98. The second kappa shape index (κ2) is 9.25. The van der Waals surface area contributed by atoms with Crippen LogP contribution in [0.1, 0.15) is 18.9 Å². The normalized spacial score (nSPS) is 11.5. The minimum atomic E-state index is -3.83. The van der Waals surface area contributed by atoms with Crippen molar-refractivity contribution in [3.63, 3.8) is 0 Å². The van der Waals surface area contributed by atoms with E-state index in [4.69, 9.17) is 4.74 Å². The van der Waals surface area contributed by atoms with Crippen LogP contribution in [0, 0.1) is 5.82 Å². The van der Waals surface area contributed by atoms with Gasteiger partial charge in [0.25, 0.3) is 0 Å². The number of carbonyl (C=O) groups is 1. The van der Waals surface area contributed by atoms with Gasteiger partial charge in [-0.3, -0.25) is 4.79 Å². The van der Waals surface area contributed by atoms with E-state index < -0.39 is 21.8 Å². The van der Waals surface area contributed by atoms with Crippen molar-refractivity contribution in [1.29, 1.82) is 0 Å². The minimum Gasteiger partial charge on any atom is -0.466 e. The Balaban J connectivity index is 2.27. The molecule has 8 heteroatoms. The van der Waals surface area contributed by atoms with Crippen molar-refractivity contribution in [3.05, 3.63) is 64.4 Å². The summed E-state index contributed by atoms with van der Waals surface area (Å²) in [5.41, 5.74) is 0.621. The molecule has 0 saturated carbocycles. The van der Waals surface area contributed by atoms with Crippen LogP contribution in [0.15, 0.2) is 57.9 Å². The molecule has 0 unspecified atom stereocenters. The lowest BCUT2D eigenvalue weighted by Gasteiger charge is -2.22. The van der Waals surface area contributed by atoms with E-state index in [1.54, 1.807) is 19.1 Å². The van der Waals surface area contributed by atoms with Crippen molar-refractivity contribution < 1.29 is 22.3 Å². The maximum absolute atomic E-state index is 13.1. The third kappa shape index (κ3) is 5.62. The predicted octanol–water partition coefficient (Wildman–Crippen LogP) is 3.73. The Morgan fingerprint density at radius 1 is 1.12 bits per heavy atom. The molecule has 0 bridgehead atoms. The lowest BCUT2D eigenvalue weighted by atomic mass is 10.2. The van der Waals surface area contributed by atoms with Crippen molar-refractivity contribution in [2.45, 2.75) is 24.8 Å². The molecule has 26 heavy (non-hydrogen) atoms. The van der Waals surface area contributed by atoms with Crippen LogP contribution in [0.2, 0.25) is 0 Å². The van der Waals surface area contributed by atoms with Gasteiger partial charge in [-0.05, 0) is 48.9 Å². The van der Waals surface area contributed by atoms with Crippen LogP contribution in [0.4, 0.5) is 4.39 Å². The first-order chi connectivity index (χ1) is 12.3. The quantitative estimate of drug-likeness (QED) is 0.583. The Hall–Kier alpha value is -1.77. The van der Waals surface area contributed by atoms with E-state index in [0.717, 1.165) is 4.47 Å². The number of hydrogen-bond donors (Lipinski definition) is 0. The summed E-state index contributed by atoms with van der Waals surface area (Å²) in [5.74, 6) is -0.870. The van der Waals surface area contributed by atoms with Gasteiger partial charge in [-0.25, -0.2) is 12.8 Å². The van der Waals surface area contributed by atoms with Gasteiger partial charge in [-0.15, -0.1) is 0 Å². The van der Waals surface area contributed by atoms with E-state index in [-0.39, 0.29) is 31.0 Å². The monoisotopic (exact) mass is 443 g/mol. The fourth-order valence-corrected chi connectivity index (χ4v) is 3.98. The number of hydrogen-bond acceptors (Lipinski definition) is 4. The zero-order valence-electron chi connectivity index (χ0n) is 14.2. The van der Waals surface area contributed by atoms with Crippen molar-refractivity contribution in [3.8, 4) is 0 Å². The smallest absolute Gasteiger partial charge is 0.307 e. The molecule has 2 rings (SSSR count). The number of halogens is 2. The second-order valence-electron chi connectivity index (χ2n) is 5.47. The first kappa shape index (κ1) is 20.5. The van der Waals surface area contributed by atoms with Crippen molar-refractivity contribution in [2.75, 3.05) is 13.2 Å². The summed E-state index contributed by atoms with van der Waals surface area (Å²) in [7, 11) is -3.83. The van der Waals surface area contributed by atoms with Crippen LogP contribution in [0.5, 0.6) is 0 Å². The molecule has 0 radical (unpaired) electrons. The van der Waals surface area contributed by atoms with E-state index in [9.17, 15) is 17.6 Å². The highest BCUT2D eigenvalue weighted by atomic mass is 79.9. The van der Waals surface area contributed by atoms with Crippen LogP contribution in [0.3, 0.4) is 0 Å². The second-order valence-corrected chi connectivity index (χ2v) is 8.33. The number of carbonyl (C=O) groups excluding carboxylic acids is 1. The Morgan fingerprint density at radius 3 is 2.31 bits per heavy atom. The Bertz CT molecular complexity index is 838. The Morgan fingerprint density at radius 2 is 1.73 bits per heavy atom. The zero-order valence-corrected chi connectivity index (χ0v) is 16.6.